The van der Waals surface area contributed by atoms with Gasteiger partial charge in [-0.25, -0.2) is 0 Å². The maximum absolute atomic E-state index is 12.9. The summed E-state index contributed by atoms with van der Waals surface area (Å²) >= 11 is 5.45. The SMILES string of the molecule is CC(C)Oc1ccc(-c2ccc3c(C(=O)NC(C)(C)COC(=O)CCl)nn(C)c3c2)cc1. The van der Waals surface area contributed by atoms with Crippen LogP contribution in [0.4, 0.5) is 0 Å². The standard InChI is InChI=1S/C24H28ClN3O4/c1-15(2)32-18-9-6-16(7-10-18)17-8-11-19-20(12-17)28(5)27-22(19)23(30)26-24(3,4)14-31-21(29)13-25/h6-12,15H,13-14H2,1-5H3,(H,26,30). The first kappa shape index (κ1) is 23.6. The second-order valence-corrected chi connectivity index (χ2v) is 8.79. The van der Waals surface area contributed by atoms with Crippen molar-refractivity contribution in [1.82, 2.24) is 15.1 Å². The fourth-order valence-electron chi connectivity index (χ4n) is 3.30. The minimum Gasteiger partial charge on any atom is -0.491 e. The van der Waals surface area contributed by atoms with Crippen molar-refractivity contribution in [2.45, 2.75) is 39.3 Å². The molecule has 0 saturated carbocycles. The van der Waals surface area contributed by atoms with E-state index in [1.165, 1.54) is 0 Å². The summed E-state index contributed by atoms with van der Waals surface area (Å²) in [6.07, 6.45) is 0.119. The minimum atomic E-state index is -0.775. The quantitative estimate of drug-likeness (QED) is 0.402. The minimum absolute atomic E-state index is 0.00965. The van der Waals surface area contributed by atoms with Crippen LogP contribution >= 0.6 is 11.6 Å². The summed E-state index contributed by atoms with van der Waals surface area (Å²) in [5.74, 6) is -0.284. The van der Waals surface area contributed by atoms with Crippen molar-refractivity contribution in [3.63, 3.8) is 0 Å². The number of alkyl halides is 1. The largest absolute Gasteiger partial charge is 0.491 e. The highest BCUT2D eigenvalue weighted by Crippen LogP contribution is 2.28. The van der Waals surface area contributed by atoms with E-state index in [4.69, 9.17) is 21.1 Å². The second-order valence-electron chi connectivity index (χ2n) is 8.53. The number of hydrogen-bond acceptors (Lipinski definition) is 5. The van der Waals surface area contributed by atoms with E-state index in [1.807, 2.05) is 56.3 Å². The number of rotatable bonds is 8. The van der Waals surface area contributed by atoms with Crippen LogP contribution in [-0.4, -0.2) is 45.8 Å². The summed E-state index contributed by atoms with van der Waals surface area (Å²) in [6.45, 7) is 7.53. The summed E-state index contributed by atoms with van der Waals surface area (Å²) in [4.78, 5) is 24.2. The van der Waals surface area contributed by atoms with Crippen molar-refractivity contribution in [1.29, 1.82) is 0 Å². The topological polar surface area (TPSA) is 82.4 Å². The summed E-state index contributed by atoms with van der Waals surface area (Å²) in [7, 11) is 1.80. The Morgan fingerprint density at radius 3 is 2.41 bits per heavy atom. The van der Waals surface area contributed by atoms with Gasteiger partial charge in [0.05, 0.1) is 17.2 Å². The van der Waals surface area contributed by atoms with Crippen molar-refractivity contribution >= 4 is 34.4 Å². The Hall–Kier alpha value is -3.06. The zero-order chi connectivity index (χ0) is 23.5. The lowest BCUT2D eigenvalue weighted by molar-refractivity contribution is -0.142. The predicted octanol–water partition coefficient (Wildman–Crippen LogP) is 4.32. The lowest BCUT2D eigenvalue weighted by Crippen LogP contribution is -2.47. The Morgan fingerprint density at radius 1 is 1.12 bits per heavy atom. The Bertz CT molecular complexity index is 1120. The van der Waals surface area contributed by atoms with Crippen molar-refractivity contribution in [2.75, 3.05) is 12.5 Å². The van der Waals surface area contributed by atoms with Gasteiger partial charge in [0.15, 0.2) is 5.69 Å². The first-order valence-corrected chi connectivity index (χ1v) is 10.9. The number of ether oxygens (including phenoxy) is 2. The third-order valence-corrected chi connectivity index (χ3v) is 5.00. The van der Waals surface area contributed by atoms with Gasteiger partial charge < -0.3 is 14.8 Å². The molecule has 0 aliphatic carbocycles. The zero-order valence-electron chi connectivity index (χ0n) is 18.9. The first-order valence-electron chi connectivity index (χ1n) is 10.4. The van der Waals surface area contributed by atoms with Crippen molar-refractivity contribution in [3.8, 4) is 16.9 Å². The second kappa shape index (κ2) is 9.61. The monoisotopic (exact) mass is 457 g/mol. The number of nitrogens with one attached hydrogen (secondary N) is 1. The maximum atomic E-state index is 12.9. The number of hydrogen-bond donors (Lipinski definition) is 1. The number of aromatic nitrogens is 2. The normalized spacial score (nSPS) is 11.6. The number of fused-ring (bicyclic) bond motifs is 1. The molecule has 32 heavy (non-hydrogen) atoms. The molecular formula is C24H28ClN3O4. The molecule has 1 aromatic heterocycles. The zero-order valence-corrected chi connectivity index (χ0v) is 19.7. The number of halogens is 1. The number of nitrogens with zero attached hydrogens (tertiary/aromatic N) is 2. The molecule has 1 amide bonds. The molecule has 1 heterocycles. The fourth-order valence-corrected chi connectivity index (χ4v) is 3.38. The molecule has 2 aromatic carbocycles. The van der Waals surface area contributed by atoms with Crippen LogP contribution in [0.3, 0.4) is 0 Å². The Kier molecular flexibility index (Phi) is 7.09. The van der Waals surface area contributed by atoms with E-state index in [2.05, 4.69) is 10.4 Å². The van der Waals surface area contributed by atoms with E-state index in [0.29, 0.717) is 5.69 Å². The molecule has 0 bridgehead atoms. The first-order chi connectivity index (χ1) is 15.1. The molecule has 0 radical (unpaired) electrons. The molecule has 7 nitrogen and oxygen atoms in total. The Labute approximate surface area is 192 Å². The number of aryl methyl sites for hydroxylation is 1. The maximum Gasteiger partial charge on any atom is 0.320 e. The number of benzene rings is 2. The molecule has 170 valence electrons. The lowest BCUT2D eigenvalue weighted by atomic mass is 10.0. The van der Waals surface area contributed by atoms with E-state index in [-0.39, 0.29) is 24.5 Å². The van der Waals surface area contributed by atoms with Crippen LogP contribution in [0.5, 0.6) is 5.75 Å². The molecule has 0 unspecified atom stereocenters. The Balaban J connectivity index is 1.82. The third kappa shape index (κ3) is 5.59. The molecule has 3 rings (SSSR count). The molecule has 3 aromatic rings. The summed E-state index contributed by atoms with van der Waals surface area (Å²) < 4.78 is 12.5. The third-order valence-electron chi connectivity index (χ3n) is 4.78. The molecule has 0 atom stereocenters. The predicted molar refractivity (Wildman–Crippen MR) is 125 cm³/mol. The van der Waals surface area contributed by atoms with Gasteiger partial charge in [0, 0.05) is 12.4 Å². The summed E-state index contributed by atoms with van der Waals surface area (Å²) in [5, 5.41) is 8.04. The number of carbonyl (C=O) groups excluding carboxylic acids is 2. The van der Waals surface area contributed by atoms with Crippen molar-refractivity contribution in [3.05, 3.63) is 48.2 Å². The van der Waals surface area contributed by atoms with Crippen molar-refractivity contribution in [2.24, 2.45) is 7.05 Å². The van der Waals surface area contributed by atoms with Crippen LogP contribution in [0, 0.1) is 0 Å². The van der Waals surface area contributed by atoms with Gasteiger partial charge in [-0.3, -0.25) is 14.3 Å². The average molecular weight is 458 g/mol. The average Bonchev–Trinajstić information content (AvgIpc) is 3.08. The molecule has 0 spiro atoms. The summed E-state index contributed by atoms with van der Waals surface area (Å²) in [6, 6.07) is 13.8. The number of carbonyl (C=O) groups is 2. The molecule has 8 heteroatoms. The van der Waals surface area contributed by atoms with Gasteiger partial charge in [-0.1, -0.05) is 18.2 Å². The fraction of sp³-hybridized carbons (Fsp3) is 0.375. The Morgan fingerprint density at radius 2 is 1.78 bits per heavy atom. The van der Waals surface area contributed by atoms with Crippen LogP contribution in [0.2, 0.25) is 0 Å². The highest BCUT2D eigenvalue weighted by atomic mass is 35.5. The van der Waals surface area contributed by atoms with Gasteiger partial charge in [-0.2, -0.15) is 5.10 Å². The molecule has 0 aliphatic rings. The van der Waals surface area contributed by atoms with E-state index in [1.54, 1.807) is 25.6 Å². The van der Waals surface area contributed by atoms with Crippen LogP contribution in [0.25, 0.3) is 22.0 Å². The van der Waals surface area contributed by atoms with Gasteiger partial charge in [-0.15, -0.1) is 11.6 Å². The highest BCUT2D eigenvalue weighted by Gasteiger charge is 2.26. The van der Waals surface area contributed by atoms with Gasteiger partial charge >= 0.3 is 5.97 Å². The molecule has 0 saturated heterocycles. The van der Waals surface area contributed by atoms with Gasteiger partial charge in [0.1, 0.15) is 18.2 Å². The van der Waals surface area contributed by atoms with Crippen molar-refractivity contribution < 1.29 is 19.1 Å². The highest BCUT2D eigenvalue weighted by molar-refractivity contribution is 6.26. The molecule has 0 aliphatic heterocycles. The van der Waals surface area contributed by atoms with Gasteiger partial charge in [0.2, 0.25) is 0 Å². The van der Waals surface area contributed by atoms with Gasteiger partial charge in [0.25, 0.3) is 5.91 Å². The smallest absolute Gasteiger partial charge is 0.320 e. The molecule has 1 N–H and O–H groups in total. The van der Waals surface area contributed by atoms with Crippen LogP contribution in [0.1, 0.15) is 38.2 Å². The van der Waals surface area contributed by atoms with E-state index in [0.717, 1.165) is 27.8 Å². The van der Waals surface area contributed by atoms with E-state index >= 15 is 0 Å². The van der Waals surface area contributed by atoms with E-state index < -0.39 is 11.5 Å². The van der Waals surface area contributed by atoms with Crippen LogP contribution in [0.15, 0.2) is 42.5 Å². The summed E-state index contributed by atoms with van der Waals surface area (Å²) in [5.41, 5.74) is 2.42. The molecule has 0 fully saturated rings. The number of esters is 1. The number of amides is 1. The van der Waals surface area contributed by atoms with Gasteiger partial charge in [-0.05, 0) is 63.1 Å². The van der Waals surface area contributed by atoms with Crippen LogP contribution < -0.4 is 10.1 Å². The lowest BCUT2D eigenvalue weighted by Gasteiger charge is -2.25. The van der Waals surface area contributed by atoms with E-state index in [9.17, 15) is 9.59 Å². The molecular weight excluding hydrogens is 430 g/mol. The van der Waals surface area contributed by atoms with Crippen LogP contribution in [-0.2, 0) is 16.6 Å².